The number of thiazole rings is 1. The number of anilines is 1. The molecule has 0 aliphatic rings. The van der Waals surface area contributed by atoms with Gasteiger partial charge in [0.2, 0.25) is 5.65 Å². The summed E-state index contributed by atoms with van der Waals surface area (Å²) in [7, 11) is 0. The molecule has 0 aliphatic carbocycles. The molecule has 0 radical (unpaired) electrons. The van der Waals surface area contributed by atoms with Crippen LogP contribution < -0.4 is 5.32 Å². The third-order valence-electron chi connectivity index (χ3n) is 2.62. The van der Waals surface area contributed by atoms with E-state index in [0.29, 0.717) is 24.4 Å². The lowest BCUT2D eigenvalue weighted by atomic mass is 10.4. The summed E-state index contributed by atoms with van der Waals surface area (Å²) in [6.45, 7) is 0.589. The van der Waals surface area contributed by atoms with Crippen molar-refractivity contribution in [2.75, 3.05) is 11.9 Å². The highest BCUT2D eigenvalue weighted by Crippen LogP contribution is 2.12. The Hall–Kier alpha value is -2.55. The van der Waals surface area contributed by atoms with Crippen molar-refractivity contribution in [1.82, 2.24) is 24.6 Å². The highest BCUT2D eigenvalue weighted by Gasteiger charge is 2.09. The van der Waals surface area contributed by atoms with Crippen molar-refractivity contribution < 1.29 is 9.90 Å². The van der Waals surface area contributed by atoms with E-state index in [2.05, 4.69) is 25.5 Å². The zero-order chi connectivity index (χ0) is 13.9. The van der Waals surface area contributed by atoms with Crippen LogP contribution in [0, 0.1) is 0 Å². The molecule has 0 spiro atoms. The molecule has 2 N–H and O–H groups in total. The Morgan fingerprint density at radius 2 is 2.40 bits per heavy atom. The molecule has 0 aliphatic heterocycles. The fourth-order valence-corrected chi connectivity index (χ4v) is 2.47. The molecule has 0 bridgehead atoms. The van der Waals surface area contributed by atoms with Crippen LogP contribution in [-0.4, -0.2) is 42.2 Å². The number of rotatable bonds is 5. The third-order valence-corrected chi connectivity index (χ3v) is 3.53. The lowest BCUT2D eigenvalue weighted by Gasteiger charge is -2.04. The van der Waals surface area contributed by atoms with E-state index in [-0.39, 0.29) is 5.69 Å². The Kier molecular flexibility index (Phi) is 3.25. The number of fused-ring (bicyclic) bond motifs is 1. The molecular formula is C11H10N6O2S. The zero-order valence-corrected chi connectivity index (χ0v) is 11.0. The van der Waals surface area contributed by atoms with Gasteiger partial charge in [-0.05, 0) is 0 Å². The summed E-state index contributed by atoms with van der Waals surface area (Å²) in [4.78, 5) is 18.9. The average Bonchev–Trinajstić information content (AvgIpc) is 3.07. The lowest BCUT2D eigenvalue weighted by Crippen LogP contribution is -2.08. The van der Waals surface area contributed by atoms with Crippen LogP contribution in [0.4, 0.5) is 5.82 Å². The molecule has 3 heterocycles. The number of carboxylic acids is 1. The lowest BCUT2D eigenvalue weighted by molar-refractivity contribution is 0.0691. The highest BCUT2D eigenvalue weighted by molar-refractivity contribution is 7.09. The summed E-state index contributed by atoms with van der Waals surface area (Å²) in [6.07, 6.45) is 5.64. The summed E-state index contributed by atoms with van der Waals surface area (Å²) in [6, 6.07) is 0. The molecule has 0 saturated carbocycles. The zero-order valence-electron chi connectivity index (χ0n) is 10.2. The predicted molar refractivity (Wildman–Crippen MR) is 72.0 cm³/mol. The first-order valence-electron chi connectivity index (χ1n) is 5.80. The molecule has 102 valence electrons. The smallest absolute Gasteiger partial charge is 0.355 e. The van der Waals surface area contributed by atoms with Crippen LogP contribution in [0.15, 0.2) is 24.1 Å². The van der Waals surface area contributed by atoms with Gasteiger partial charge in [-0.25, -0.2) is 14.8 Å². The molecule has 3 rings (SSSR count). The number of hydrogen-bond acceptors (Lipinski definition) is 7. The quantitative estimate of drug-likeness (QED) is 0.720. The van der Waals surface area contributed by atoms with Crippen molar-refractivity contribution in [2.24, 2.45) is 0 Å². The van der Waals surface area contributed by atoms with Gasteiger partial charge in [-0.15, -0.1) is 21.5 Å². The maximum atomic E-state index is 10.7. The van der Waals surface area contributed by atoms with Crippen molar-refractivity contribution in [1.29, 1.82) is 0 Å². The minimum Gasteiger partial charge on any atom is -0.476 e. The second-order valence-corrected chi connectivity index (χ2v) is 4.89. The molecule has 0 atom stereocenters. The number of carbonyl (C=O) groups is 1. The average molecular weight is 290 g/mol. The van der Waals surface area contributed by atoms with Crippen LogP contribution in [0.3, 0.4) is 0 Å². The Labute approximate surface area is 117 Å². The third kappa shape index (κ3) is 2.43. The summed E-state index contributed by atoms with van der Waals surface area (Å²) in [5.74, 6) is -0.365. The van der Waals surface area contributed by atoms with Crippen molar-refractivity contribution in [3.05, 3.63) is 34.8 Å². The van der Waals surface area contributed by atoms with Gasteiger partial charge in [0.25, 0.3) is 0 Å². The normalized spacial score (nSPS) is 10.8. The van der Waals surface area contributed by atoms with E-state index in [1.54, 1.807) is 23.1 Å². The maximum absolute atomic E-state index is 10.7. The Morgan fingerprint density at radius 1 is 1.50 bits per heavy atom. The van der Waals surface area contributed by atoms with Crippen LogP contribution in [0.25, 0.3) is 5.65 Å². The fraction of sp³-hybridized carbons (Fsp3) is 0.182. The van der Waals surface area contributed by atoms with E-state index in [1.165, 1.54) is 16.7 Å². The van der Waals surface area contributed by atoms with Gasteiger partial charge in [0, 0.05) is 30.7 Å². The number of nitrogens with zero attached hydrogens (tertiary/aromatic N) is 5. The Morgan fingerprint density at radius 3 is 3.20 bits per heavy atom. The van der Waals surface area contributed by atoms with Crippen molar-refractivity contribution in [3.8, 4) is 0 Å². The number of nitrogens with one attached hydrogen (secondary N) is 1. The Balaban J connectivity index is 1.64. The monoisotopic (exact) mass is 290 g/mol. The molecule has 8 nitrogen and oxygen atoms in total. The highest BCUT2D eigenvalue weighted by atomic mass is 32.1. The van der Waals surface area contributed by atoms with E-state index < -0.39 is 5.97 Å². The first-order chi connectivity index (χ1) is 9.74. The predicted octanol–water partition coefficient (Wildman–Crippen LogP) is 0.934. The number of carboxylic acid groups (broad SMARTS) is 1. The topological polar surface area (TPSA) is 105 Å². The first kappa shape index (κ1) is 12.5. The van der Waals surface area contributed by atoms with Crippen molar-refractivity contribution >= 4 is 28.8 Å². The van der Waals surface area contributed by atoms with Gasteiger partial charge < -0.3 is 10.4 Å². The molecule has 0 unspecified atom stereocenters. The van der Waals surface area contributed by atoms with Gasteiger partial charge in [-0.2, -0.15) is 0 Å². The van der Waals surface area contributed by atoms with Crippen LogP contribution in [0.2, 0.25) is 0 Å². The molecule has 20 heavy (non-hydrogen) atoms. The minimum atomic E-state index is -1.00. The largest absolute Gasteiger partial charge is 0.476 e. The molecule has 0 amide bonds. The van der Waals surface area contributed by atoms with Crippen LogP contribution in [-0.2, 0) is 6.42 Å². The first-order valence-corrected chi connectivity index (χ1v) is 6.68. The standard InChI is InChI=1S/C11H10N6O2S/c18-11(19)7-5-20-8(15-7)1-2-12-9-10-16-14-6-17(10)4-3-13-9/h3-6H,1-2H2,(H,12,13)(H,18,19). The molecule has 3 aromatic heterocycles. The summed E-state index contributed by atoms with van der Waals surface area (Å²) >= 11 is 1.33. The molecule has 0 fully saturated rings. The van der Waals surface area contributed by atoms with Gasteiger partial charge in [0.1, 0.15) is 6.33 Å². The van der Waals surface area contributed by atoms with Crippen LogP contribution >= 0.6 is 11.3 Å². The van der Waals surface area contributed by atoms with Crippen LogP contribution in [0.1, 0.15) is 15.5 Å². The maximum Gasteiger partial charge on any atom is 0.355 e. The van der Waals surface area contributed by atoms with Gasteiger partial charge in [-0.3, -0.25) is 4.40 Å². The van der Waals surface area contributed by atoms with E-state index >= 15 is 0 Å². The molecule has 0 aromatic carbocycles. The van der Waals surface area contributed by atoms with Gasteiger partial charge in [0.15, 0.2) is 11.5 Å². The summed E-state index contributed by atoms with van der Waals surface area (Å²) < 4.78 is 1.77. The fourth-order valence-electron chi connectivity index (χ4n) is 1.70. The van der Waals surface area contributed by atoms with Crippen molar-refractivity contribution in [2.45, 2.75) is 6.42 Å². The van der Waals surface area contributed by atoms with Gasteiger partial charge >= 0.3 is 5.97 Å². The number of aromatic carboxylic acids is 1. The van der Waals surface area contributed by atoms with Gasteiger partial charge in [0.05, 0.1) is 5.01 Å². The van der Waals surface area contributed by atoms with Gasteiger partial charge in [-0.1, -0.05) is 0 Å². The second-order valence-electron chi connectivity index (χ2n) is 3.95. The number of hydrogen-bond donors (Lipinski definition) is 2. The van der Waals surface area contributed by atoms with E-state index in [1.807, 2.05) is 0 Å². The molecule has 3 aromatic rings. The number of aromatic nitrogens is 5. The van der Waals surface area contributed by atoms with E-state index in [4.69, 9.17) is 5.11 Å². The van der Waals surface area contributed by atoms with E-state index in [9.17, 15) is 4.79 Å². The molecular weight excluding hydrogens is 280 g/mol. The second kappa shape index (κ2) is 5.21. The minimum absolute atomic E-state index is 0.0858. The SMILES string of the molecule is O=C(O)c1csc(CCNc2nccn3cnnc23)n1. The Bertz CT molecular complexity index is 752. The summed E-state index contributed by atoms with van der Waals surface area (Å²) in [5, 5.41) is 22.0. The molecule has 0 saturated heterocycles. The van der Waals surface area contributed by atoms with Crippen molar-refractivity contribution in [3.63, 3.8) is 0 Å². The summed E-state index contributed by atoms with van der Waals surface area (Å²) in [5.41, 5.74) is 0.737. The molecule has 9 heteroatoms. The van der Waals surface area contributed by atoms with Crippen LogP contribution in [0.5, 0.6) is 0 Å². The van der Waals surface area contributed by atoms with E-state index in [0.717, 1.165) is 5.01 Å².